The van der Waals surface area contributed by atoms with Crippen LogP contribution in [-0.4, -0.2) is 47.9 Å². The van der Waals surface area contributed by atoms with Gasteiger partial charge in [0.2, 0.25) is 5.91 Å². The number of carbonyl (C=O) groups is 1. The van der Waals surface area contributed by atoms with Crippen LogP contribution in [0.2, 0.25) is 5.02 Å². The highest BCUT2D eigenvalue weighted by molar-refractivity contribution is 6.30. The van der Waals surface area contributed by atoms with E-state index in [1.54, 1.807) is 0 Å². The van der Waals surface area contributed by atoms with E-state index < -0.39 is 0 Å². The van der Waals surface area contributed by atoms with Crippen LogP contribution < -0.4 is 5.73 Å². The zero-order valence-electron chi connectivity index (χ0n) is 13.6. The second kappa shape index (κ2) is 7.65. The van der Waals surface area contributed by atoms with Crippen molar-refractivity contribution in [3.63, 3.8) is 0 Å². The summed E-state index contributed by atoms with van der Waals surface area (Å²) in [6.07, 6.45) is 3.71. The van der Waals surface area contributed by atoms with Crippen molar-refractivity contribution in [3.05, 3.63) is 34.9 Å². The van der Waals surface area contributed by atoms with Crippen molar-refractivity contribution in [2.75, 3.05) is 26.2 Å². The van der Waals surface area contributed by atoms with Crippen molar-refractivity contribution < 1.29 is 4.79 Å². The molecule has 126 valence electrons. The fourth-order valence-electron chi connectivity index (χ4n) is 3.97. The average Bonchev–Trinajstić information content (AvgIpc) is 2.56. The third-order valence-corrected chi connectivity index (χ3v) is 5.40. The van der Waals surface area contributed by atoms with Crippen molar-refractivity contribution in [1.29, 1.82) is 0 Å². The molecule has 5 heteroatoms. The molecule has 2 N–H and O–H groups in total. The minimum Gasteiger partial charge on any atom is -0.339 e. The van der Waals surface area contributed by atoms with Crippen LogP contribution in [0, 0.1) is 5.92 Å². The Balaban J connectivity index is 1.60. The lowest BCUT2D eigenvalue weighted by Crippen LogP contribution is -2.56. The quantitative estimate of drug-likeness (QED) is 0.899. The van der Waals surface area contributed by atoms with Crippen LogP contribution >= 0.6 is 11.6 Å². The number of hydrogen-bond donors (Lipinski definition) is 1. The van der Waals surface area contributed by atoms with E-state index in [1.165, 1.54) is 5.56 Å². The Morgan fingerprint density at radius 3 is 2.74 bits per heavy atom. The molecular formula is C18H26ClN3O. The number of likely N-dealkylation sites (tertiary alicyclic amines) is 2. The van der Waals surface area contributed by atoms with Crippen LogP contribution in [0.25, 0.3) is 0 Å². The van der Waals surface area contributed by atoms with Gasteiger partial charge in [-0.15, -0.1) is 0 Å². The molecule has 2 atom stereocenters. The molecule has 2 aliphatic heterocycles. The zero-order chi connectivity index (χ0) is 16.2. The SMILES string of the molecule is NCCCN1C(=O)CC[C@H]2CN(Cc3ccc(Cl)cc3)CC[C@H]21. The van der Waals surface area contributed by atoms with Crippen molar-refractivity contribution >= 4 is 17.5 Å². The van der Waals surface area contributed by atoms with Crippen LogP contribution in [0.15, 0.2) is 24.3 Å². The monoisotopic (exact) mass is 335 g/mol. The number of nitrogens with zero attached hydrogens (tertiary/aromatic N) is 2. The second-order valence-corrected chi connectivity index (χ2v) is 7.18. The van der Waals surface area contributed by atoms with Crippen molar-refractivity contribution in [3.8, 4) is 0 Å². The molecule has 1 amide bonds. The summed E-state index contributed by atoms with van der Waals surface area (Å²) in [4.78, 5) is 16.8. The maximum Gasteiger partial charge on any atom is 0.222 e. The van der Waals surface area contributed by atoms with Gasteiger partial charge in [0.05, 0.1) is 0 Å². The highest BCUT2D eigenvalue weighted by Crippen LogP contribution is 2.32. The number of hydrogen-bond acceptors (Lipinski definition) is 3. The van der Waals surface area contributed by atoms with E-state index in [0.717, 1.165) is 50.5 Å². The van der Waals surface area contributed by atoms with Gasteiger partial charge in [-0.3, -0.25) is 9.69 Å². The summed E-state index contributed by atoms with van der Waals surface area (Å²) in [6, 6.07) is 8.54. The van der Waals surface area contributed by atoms with E-state index in [2.05, 4.69) is 21.9 Å². The van der Waals surface area contributed by atoms with E-state index in [9.17, 15) is 4.79 Å². The minimum absolute atomic E-state index is 0.325. The van der Waals surface area contributed by atoms with Gasteiger partial charge in [-0.25, -0.2) is 0 Å². The number of rotatable bonds is 5. The molecule has 2 aliphatic rings. The highest BCUT2D eigenvalue weighted by Gasteiger charge is 2.38. The highest BCUT2D eigenvalue weighted by atomic mass is 35.5. The van der Waals surface area contributed by atoms with E-state index in [1.807, 2.05) is 12.1 Å². The Bertz CT molecular complexity index is 534. The first kappa shape index (κ1) is 16.7. The molecule has 3 rings (SSSR count). The lowest BCUT2D eigenvalue weighted by Gasteiger charge is -2.47. The first-order valence-electron chi connectivity index (χ1n) is 8.63. The Labute approximate surface area is 143 Å². The van der Waals surface area contributed by atoms with Crippen molar-refractivity contribution in [2.45, 2.75) is 38.3 Å². The molecule has 0 unspecified atom stereocenters. The van der Waals surface area contributed by atoms with E-state index in [0.29, 0.717) is 30.8 Å². The summed E-state index contributed by atoms with van der Waals surface area (Å²) in [5.41, 5.74) is 6.93. The molecule has 1 aromatic rings. The molecule has 0 spiro atoms. The fraction of sp³-hybridized carbons (Fsp3) is 0.611. The smallest absolute Gasteiger partial charge is 0.222 e. The molecule has 23 heavy (non-hydrogen) atoms. The van der Waals surface area contributed by atoms with Gasteiger partial charge in [0.15, 0.2) is 0 Å². The lowest BCUT2D eigenvalue weighted by molar-refractivity contribution is -0.141. The van der Waals surface area contributed by atoms with Crippen molar-refractivity contribution in [1.82, 2.24) is 9.80 Å². The molecule has 1 aromatic carbocycles. The van der Waals surface area contributed by atoms with Gasteiger partial charge >= 0.3 is 0 Å². The summed E-state index contributed by atoms with van der Waals surface area (Å²) >= 11 is 5.96. The van der Waals surface area contributed by atoms with E-state index >= 15 is 0 Å². The van der Waals surface area contributed by atoms with Crippen LogP contribution in [-0.2, 0) is 11.3 Å². The van der Waals surface area contributed by atoms with Gasteiger partial charge in [0.25, 0.3) is 0 Å². The summed E-state index contributed by atoms with van der Waals surface area (Å²) in [5, 5.41) is 0.786. The molecule has 2 heterocycles. The minimum atomic E-state index is 0.325. The average molecular weight is 336 g/mol. The number of amides is 1. The molecule has 0 bridgehead atoms. The number of halogens is 1. The van der Waals surface area contributed by atoms with Crippen LogP contribution in [0.4, 0.5) is 0 Å². The van der Waals surface area contributed by atoms with Gasteiger partial charge in [0.1, 0.15) is 0 Å². The molecule has 0 aliphatic carbocycles. The Kier molecular flexibility index (Phi) is 5.57. The predicted octanol–water partition coefficient (Wildman–Crippen LogP) is 2.50. The van der Waals surface area contributed by atoms with Crippen LogP contribution in [0.3, 0.4) is 0 Å². The van der Waals surface area contributed by atoms with Gasteiger partial charge < -0.3 is 10.6 Å². The van der Waals surface area contributed by atoms with Gasteiger partial charge in [-0.1, -0.05) is 23.7 Å². The predicted molar refractivity (Wildman–Crippen MR) is 93.2 cm³/mol. The zero-order valence-corrected chi connectivity index (χ0v) is 14.3. The molecule has 4 nitrogen and oxygen atoms in total. The molecule has 0 aromatic heterocycles. The lowest BCUT2D eigenvalue weighted by atomic mass is 9.83. The number of carbonyl (C=O) groups excluding carboxylic acids is 1. The maximum absolute atomic E-state index is 12.2. The third kappa shape index (κ3) is 4.06. The largest absolute Gasteiger partial charge is 0.339 e. The van der Waals surface area contributed by atoms with Crippen molar-refractivity contribution in [2.24, 2.45) is 11.7 Å². The van der Waals surface area contributed by atoms with Crippen LogP contribution in [0.1, 0.15) is 31.2 Å². The normalized spacial score (nSPS) is 25.5. The van der Waals surface area contributed by atoms with E-state index in [4.69, 9.17) is 17.3 Å². The van der Waals surface area contributed by atoms with Crippen LogP contribution in [0.5, 0.6) is 0 Å². The summed E-state index contributed by atoms with van der Waals surface area (Å²) in [5.74, 6) is 0.928. The number of benzene rings is 1. The molecular weight excluding hydrogens is 310 g/mol. The van der Waals surface area contributed by atoms with Gasteiger partial charge in [-0.2, -0.15) is 0 Å². The topological polar surface area (TPSA) is 49.6 Å². The first-order valence-corrected chi connectivity index (χ1v) is 9.01. The summed E-state index contributed by atoms with van der Waals surface area (Å²) in [7, 11) is 0. The van der Waals surface area contributed by atoms with Gasteiger partial charge in [-0.05, 0) is 49.4 Å². The molecule has 0 saturated carbocycles. The maximum atomic E-state index is 12.2. The Hall–Kier alpha value is -1.10. The third-order valence-electron chi connectivity index (χ3n) is 5.15. The summed E-state index contributed by atoms with van der Waals surface area (Å²) in [6.45, 7) is 4.59. The van der Waals surface area contributed by atoms with E-state index in [-0.39, 0.29) is 0 Å². The number of piperidine rings is 2. The molecule has 2 saturated heterocycles. The fourth-order valence-corrected chi connectivity index (χ4v) is 4.10. The molecule has 0 radical (unpaired) electrons. The first-order chi connectivity index (χ1) is 11.2. The van der Waals surface area contributed by atoms with Gasteiger partial charge in [0, 0.05) is 43.7 Å². The standard InChI is InChI=1S/C18H26ClN3O/c19-16-5-2-14(3-6-16)12-21-11-8-17-15(13-21)4-7-18(23)22(17)10-1-9-20/h2-3,5-6,15,17H,1,4,7-13,20H2/t15-,17+/m0/s1. The second-order valence-electron chi connectivity index (χ2n) is 6.75. The molecule has 2 fully saturated rings. The number of fused-ring (bicyclic) bond motifs is 1. The Morgan fingerprint density at radius 1 is 1.22 bits per heavy atom. The Morgan fingerprint density at radius 2 is 2.00 bits per heavy atom. The summed E-state index contributed by atoms with van der Waals surface area (Å²) < 4.78 is 0. The number of nitrogens with two attached hydrogens (primary N) is 1.